The molecule has 4 atom stereocenters. The highest BCUT2D eigenvalue weighted by Crippen LogP contribution is 2.68. The summed E-state index contributed by atoms with van der Waals surface area (Å²) < 4.78 is 0. The Labute approximate surface area is 114 Å². The summed E-state index contributed by atoms with van der Waals surface area (Å²) in [5, 5.41) is 8.82. The van der Waals surface area contributed by atoms with Crippen molar-refractivity contribution in [3.63, 3.8) is 0 Å². The molecular weight excluding hydrogens is 238 g/mol. The Balaban J connectivity index is 1.78. The average molecular weight is 261 g/mol. The van der Waals surface area contributed by atoms with Gasteiger partial charge in [-0.1, -0.05) is 6.42 Å². The molecule has 104 valence electrons. The molecule has 4 heteroatoms. The van der Waals surface area contributed by atoms with E-state index in [1.807, 2.05) is 6.92 Å². The Morgan fingerprint density at radius 1 is 1.47 bits per heavy atom. The first kappa shape index (κ1) is 12.9. The summed E-state index contributed by atoms with van der Waals surface area (Å²) in [7, 11) is 0. The van der Waals surface area contributed by atoms with Crippen molar-refractivity contribution in [2.75, 3.05) is 13.1 Å². The maximum atomic E-state index is 12.6. The molecule has 0 aromatic rings. The van der Waals surface area contributed by atoms with E-state index in [0.717, 1.165) is 18.8 Å². The van der Waals surface area contributed by atoms with Crippen LogP contribution in [-0.4, -0.2) is 29.4 Å². The van der Waals surface area contributed by atoms with Gasteiger partial charge in [-0.25, -0.2) is 0 Å². The molecule has 3 saturated carbocycles. The summed E-state index contributed by atoms with van der Waals surface area (Å²) in [6, 6.07) is 2.07. The monoisotopic (exact) mass is 261 g/mol. The zero-order chi connectivity index (χ0) is 13.7. The molecule has 0 radical (unpaired) electrons. The molecular formula is C15H23N3O. The van der Waals surface area contributed by atoms with Gasteiger partial charge in [-0.05, 0) is 56.3 Å². The van der Waals surface area contributed by atoms with Crippen LogP contribution in [0.25, 0.3) is 0 Å². The van der Waals surface area contributed by atoms with Crippen molar-refractivity contribution < 1.29 is 4.79 Å². The lowest BCUT2D eigenvalue weighted by Gasteiger charge is -2.62. The number of hydrogen-bond acceptors (Lipinski definition) is 3. The van der Waals surface area contributed by atoms with Crippen LogP contribution < -0.4 is 5.73 Å². The highest BCUT2D eigenvalue weighted by molar-refractivity contribution is 5.88. The summed E-state index contributed by atoms with van der Waals surface area (Å²) in [6.07, 6.45) is 7.08. The summed E-state index contributed by atoms with van der Waals surface area (Å²) in [4.78, 5) is 14.3. The van der Waals surface area contributed by atoms with Crippen LogP contribution in [0.3, 0.4) is 0 Å². The minimum absolute atomic E-state index is 0.0116. The van der Waals surface area contributed by atoms with Crippen LogP contribution in [0.15, 0.2) is 0 Å². The number of nitrogens with zero attached hydrogens (tertiary/aromatic N) is 2. The molecule has 1 spiro atoms. The predicted octanol–water partition coefficient (Wildman–Crippen LogP) is 1.66. The normalized spacial score (nSPS) is 43.0. The highest BCUT2D eigenvalue weighted by Gasteiger charge is 2.68. The second-order valence-electron chi connectivity index (χ2n) is 6.80. The van der Waals surface area contributed by atoms with Crippen molar-refractivity contribution in [1.29, 1.82) is 5.26 Å². The molecule has 3 unspecified atom stereocenters. The van der Waals surface area contributed by atoms with Gasteiger partial charge in [0.1, 0.15) is 6.54 Å². The van der Waals surface area contributed by atoms with E-state index in [2.05, 4.69) is 6.07 Å². The summed E-state index contributed by atoms with van der Waals surface area (Å²) in [5.74, 6) is 1.26. The Hall–Kier alpha value is -1.08. The molecule has 0 aromatic carbocycles. The van der Waals surface area contributed by atoms with Crippen LogP contribution in [0, 0.1) is 28.6 Å². The Kier molecular flexibility index (Phi) is 2.86. The molecule has 3 fully saturated rings. The zero-order valence-electron chi connectivity index (χ0n) is 11.7. The van der Waals surface area contributed by atoms with Crippen molar-refractivity contribution in [2.45, 2.75) is 51.0 Å². The molecule has 0 heterocycles. The van der Waals surface area contributed by atoms with Crippen LogP contribution in [0.4, 0.5) is 0 Å². The Bertz CT molecular complexity index is 443. The van der Waals surface area contributed by atoms with Gasteiger partial charge in [-0.2, -0.15) is 5.26 Å². The van der Waals surface area contributed by atoms with E-state index in [4.69, 9.17) is 11.0 Å². The van der Waals surface area contributed by atoms with Gasteiger partial charge >= 0.3 is 0 Å². The smallest absolute Gasteiger partial charge is 0.243 e. The molecule has 3 aliphatic carbocycles. The van der Waals surface area contributed by atoms with Gasteiger partial charge in [0.2, 0.25) is 5.91 Å². The molecule has 0 saturated heterocycles. The minimum atomic E-state index is -0.678. The van der Waals surface area contributed by atoms with E-state index in [-0.39, 0.29) is 12.5 Å². The third-order valence-electron chi connectivity index (χ3n) is 5.94. The van der Waals surface area contributed by atoms with Crippen LogP contribution in [0.2, 0.25) is 0 Å². The van der Waals surface area contributed by atoms with E-state index < -0.39 is 5.54 Å². The number of hydrogen-bond donors (Lipinski definition) is 1. The van der Waals surface area contributed by atoms with Crippen molar-refractivity contribution in [2.24, 2.45) is 23.0 Å². The van der Waals surface area contributed by atoms with Crippen molar-refractivity contribution in [3.8, 4) is 6.07 Å². The summed E-state index contributed by atoms with van der Waals surface area (Å²) in [5.41, 5.74) is 6.18. The predicted molar refractivity (Wildman–Crippen MR) is 71.9 cm³/mol. The van der Waals surface area contributed by atoms with Gasteiger partial charge in [-0.3, -0.25) is 4.79 Å². The largest absolute Gasteiger partial charge is 0.328 e. The average Bonchev–Trinajstić information content (AvgIpc) is 2.74. The lowest BCUT2D eigenvalue weighted by Crippen LogP contribution is -2.73. The molecule has 4 nitrogen and oxygen atoms in total. The maximum Gasteiger partial charge on any atom is 0.243 e. The number of likely N-dealkylation sites (N-methyl/N-ethyl adjacent to an activating group) is 1. The number of fused-ring (bicyclic) bond motifs is 1. The molecule has 1 amide bonds. The van der Waals surface area contributed by atoms with Gasteiger partial charge in [0.05, 0.1) is 11.6 Å². The fourth-order valence-electron chi connectivity index (χ4n) is 5.14. The molecule has 3 aliphatic rings. The van der Waals surface area contributed by atoms with E-state index in [9.17, 15) is 4.79 Å². The van der Waals surface area contributed by atoms with E-state index in [1.165, 1.54) is 25.7 Å². The fourth-order valence-corrected chi connectivity index (χ4v) is 5.14. The highest BCUT2D eigenvalue weighted by atomic mass is 16.2. The first-order chi connectivity index (χ1) is 9.05. The summed E-state index contributed by atoms with van der Waals surface area (Å²) >= 11 is 0. The Morgan fingerprint density at radius 2 is 2.26 bits per heavy atom. The first-order valence-electron chi connectivity index (χ1n) is 7.51. The van der Waals surface area contributed by atoms with Crippen molar-refractivity contribution in [1.82, 2.24) is 4.90 Å². The number of amides is 1. The number of rotatable bonds is 3. The van der Waals surface area contributed by atoms with Gasteiger partial charge in [0, 0.05) is 6.54 Å². The molecule has 3 rings (SSSR count). The topological polar surface area (TPSA) is 70.1 Å². The number of nitrogens with two attached hydrogens (primary N) is 1. The van der Waals surface area contributed by atoms with Gasteiger partial charge in [0.15, 0.2) is 0 Å². The number of carbonyl (C=O) groups is 1. The molecule has 2 N–H and O–H groups in total. The maximum absolute atomic E-state index is 12.6. The van der Waals surface area contributed by atoms with Crippen LogP contribution in [0.5, 0.6) is 0 Å². The SMILES string of the molecule is CCN(CC#N)C(=O)C1(N)CC23CC[C@H](CCC21)C3. The lowest BCUT2D eigenvalue weighted by atomic mass is 9.45. The van der Waals surface area contributed by atoms with E-state index in [0.29, 0.717) is 17.9 Å². The lowest BCUT2D eigenvalue weighted by molar-refractivity contribution is -0.160. The third kappa shape index (κ3) is 1.64. The molecule has 0 aliphatic heterocycles. The number of nitriles is 1. The zero-order valence-corrected chi connectivity index (χ0v) is 11.7. The van der Waals surface area contributed by atoms with E-state index in [1.54, 1.807) is 4.90 Å². The minimum Gasteiger partial charge on any atom is -0.328 e. The second kappa shape index (κ2) is 4.21. The van der Waals surface area contributed by atoms with Crippen molar-refractivity contribution in [3.05, 3.63) is 0 Å². The van der Waals surface area contributed by atoms with Crippen LogP contribution >= 0.6 is 0 Å². The summed E-state index contributed by atoms with van der Waals surface area (Å²) in [6.45, 7) is 2.66. The fraction of sp³-hybridized carbons (Fsp3) is 0.867. The van der Waals surface area contributed by atoms with Crippen LogP contribution in [0.1, 0.15) is 45.4 Å². The molecule has 2 bridgehead atoms. The molecule has 0 aromatic heterocycles. The van der Waals surface area contributed by atoms with Gasteiger partial charge < -0.3 is 10.6 Å². The van der Waals surface area contributed by atoms with Crippen LogP contribution in [-0.2, 0) is 4.79 Å². The van der Waals surface area contributed by atoms with Crippen molar-refractivity contribution >= 4 is 5.91 Å². The van der Waals surface area contributed by atoms with Gasteiger partial charge in [0.25, 0.3) is 0 Å². The number of carbonyl (C=O) groups excluding carboxylic acids is 1. The quantitative estimate of drug-likeness (QED) is 0.785. The third-order valence-corrected chi connectivity index (χ3v) is 5.94. The first-order valence-corrected chi connectivity index (χ1v) is 7.51. The Morgan fingerprint density at radius 3 is 2.95 bits per heavy atom. The molecule has 19 heavy (non-hydrogen) atoms. The second-order valence-corrected chi connectivity index (χ2v) is 6.80. The van der Waals surface area contributed by atoms with E-state index >= 15 is 0 Å². The standard InChI is InChI=1S/C15H23N3O/c1-2-18(8-7-16)13(19)15(17)10-14-6-5-11(9-14)3-4-12(14)15/h11-12H,2-6,8-10,17H2,1H3/t11-,12?,14?,15?/m0/s1. The van der Waals surface area contributed by atoms with Gasteiger partial charge in [-0.15, -0.1) is 0 Å².